The first-order valence-corrected chi connectivity index (χ1v) is 11.4. The maximum Gasteiger partial charge on any atom is 0.191 e. The Morgan fingerprint density at radius 1 is 1.12 bits per heavy atom. The van der Waals surface area contributed by atoms with E-state index in [1.54, 1.807) is 13.4 Å². The van der Waals surface area contributed by atoms with Crippen LogP contribution in [-0.4, -0.2) is 76.6 Å². The van der Waals surface area contributed by atoms with Gasteiger partial charge in [-0.25, -0.2) is 4.99 Å². The van der Waals surface area contributed by atoms with Gasteiger partial charge in [0.05, 0.1) is 33.1 Å². The molecule has 1 atom stereocenters. The van der Waals surface area contributed by atoms with E-state index in [1.807, 2.05) is 43.3 Å². The van der Waals surface area contributed by atoms with Crippen LogP contribution in [0.1, 0.15) is 19.1 Å². The largest absolute Gasteiger partial charge is 0.497 e. The van der Waals surface area contributed by atoms with Crippen LogP contribution in [0.2, 0.25) is 0 Å². The SMILES string of the molecule is COc1cccc(OC(C)CN=C(NCCCN2CCOCC2)NCCc2ccco2)c1. The lowest BCUT2D eigenvalue weighted by Crippen LogP contribution is -2.41. The summed E-state index contributed by atoms with van der Waals surface area (Å²) in [7, 11) is 1.65. The number of benzene rings is 1. The van der Waals surface area contributed by atoms with Gasteiger partial charge in [0.25, 0.3) is 0 Å². The Kier molecular flexibility index (Phi) is 10.2. The van der Waals surface area contributed by atoms with Crippen LogP contribution in [0.4, 0.5) is 0 Å². The number of methoxy groups -OCH3 is 1. The molecule has 1 aromatic heterocycles. The third-order valence-corrected chi connectivity index (χ3v) is 5.18. The lowest BCUT2D eigenvalue weighted by molar-refractivity contribution is 0.0376. The average molecular weight is 445 g/mol. The predicted molar refractivity (Wildman–Crippen MR) is 126 cm³/mol. The molecule has 32 heavy (non-hydrogen) atoms. The Bertz CT molecular complexity index is 791. The van der Waals surface area contributed by atoms with Gasteiger partial charge in [-0.15, -0.1) is 0 Å². The van der Waals surface area contributed by atoms with Crippen LogP contribution < -0.4 is 20.1 Å². The number of morpholine rings is 1. The molecule has 2 heterocycles. The van der Waals surface area contributed by atoms with Crippen molar-refractivity contribution in [2.24, 2.45) is 4.99 Å². The van der Waals surface area contributed by atoms with E-state index in [9.17, 15) is 0 Å². The molecule has 0 radical (unpaired) electrons. The normalized spacial score (nSPS) is 15.9. The molecule has 8 nitrogen and oxygen atoms in total. The number of hydrogen-bond donors (Lipinski definition) is 2. The van der Waals surface area contributed by atoms with Crippen molar-refractivity contribution in [3.8, 4) is 11.5 Å². The Morgan fingerprint density at radius 2 is 1.94 bits per heavy atom. The summed E-state index contributed by atoms with van der Waals surface area (Å²) >= 11 is 0. The van der Waals surface area contributed by atoms with Gasteiger partial charge >= 0.3 is 0 Å². The van der Waals surface area contributed by atoms with Crippen LogP contribution in [-0.2, 0) is 11.2 Å². The maximum atomic E-state index is 6.00. The molecule has 1 unspecified atom stereocenters. The topological polar surface area (TPSA) is 80.5 Å². The molecule has 0 saturated carbocycles. The summed E-state index contributed by atoms with van der Waals surface area (Å²) in [5.74, 6) is 3.30. The van der Waals surface area contributed by atoms with E-state index in [1.165, 1.54) is 0 Å². The molecule has 0 bridgehead atoms. The standard InChI is InChI=1S/C24H36N4O4/c1-20(32-23-7-3-6-22(18-23)29-2)19-27-24(26-11-9-21-8-4-15-31-21)25-10-5-12-28-13-16-30-17-14-28/h3-4,6-8,15,18,20H,5,9-14,16-17,19H2,1-2H3,(H2,25,26,27). The van der Waals surface area contributed by atoms with Crippen molar-refractivity contribution < 1.29 is 18.6 Å². The van der Waals surface area contributed by atoms with E-state index in [2.05, 4.69) is 15.5 Å². The number of guanidine groups is 1. The first-order chi connectivity index (χ1) is 15.7. The molecule has 0 spiro atoms. The van der Waals surface area contributed by atoms with Gasteiger partial charge in [-0.2, -0.15) is 0 Å². The second-order valence-electron chi connectivity index (χ2n) is 7.79. The zero-order chi connectivity index (χ0) is 22.4. The first kappa shape index (κ1) is 23.9. The number of aliphatic imine (C=N–C) groups is 1. The van der Waals surface area contributed by atoms with Gasteiger partial charge in [0.2, 0.25) is 0 Å². The van der Waals surface area contributed by atoms with E-state index in [0.29, 0.717) is 6.54 Å². The monoisotopic (exact) mass is 444 g/mol. The quantitative estimate of drug-likeness (QED) is 0.296. The molecule has 8 heteroatoms. The summed E-state index contributed by atoms with van der Waals surface area (Å²) in [5.41, 5.74) is 0. The number of rotatable bonds is 12. The highest BCUT2D eigenvalue weighted by Gasteiger charge is 2.10. The zero-order valence-electron chi connectivity index (χ0n) is 19.2. The predicted octanol–water partition coefficient (Wildman–Crippen LogP) is 2.56. The molecule has 1 fully saturated rings. The molecule has 0 aliphatic carbocycles. The van der Waals surface area contributed by atoms with Gasteiger partial charge in [-0.1, -0.05) is 6.07 Å². The molecule has 1 aliphatic heterocycles. The zero-order valence-corrected chi connectivity index (χ0v) is 19.2. The van der Waals surface area contributed by atoms with E-state index < -0.39 is 0 Å². The van der Waals surface area contributed by atoms with E-state index >= 15 is 0 Å². The van der Waals surface area contributed by atoms with Crippen molar-refractivity contribution in [2.75, 3.05) is 59.6 Å². The van der Waals surface area contributed by atoms with Crippen molar-refractivity contribution in [1.82, 2.24) is 15.5 Å². The summed E-state index contributed by atoms with van der Waals surface area (Å²) in [6.45, 7) is 8.91. The fourth-order valence-corrected chi connectivity index (χ4v) is 3.43. The van der Waals surface area contributed by atoms with Crippen molar-refractivity contribution >= 4 is 5.96 Å². The van der Waals surface area contributed by atoms with Gasteiger partial charge in [0.15, 0.2) is 5.96 Å². The maximum absolute atomic E-state index is 6.00. The fourth-order valence-electron chi connectivity index (χ4n) is 3.43. The van der Waals surface area contributed by atoms with E-state index in [-0.39, 0.29) is 6.10 Å². The highest BCUT2D eigenvalue weighted by Crippen LogP contribution is 2.19. The molecule has 2 N–H and O–H groups in total. The summed E-state index contributed by atoms with van der Waals surface area (Å²) in [6, 6.07) is 11.5. The minimum absolute atomic E-state index is 0.0703. The highest BCUT2D eigenvalue weighted by atomic mass is 16.5. The molecule has 1 aliphatic rings. The van der Waals surface area contributed by atoms with Crippen LogP contribution in [0.5, 0.6) is 11.5 Å². The highest BCUT2D eigenvalue weighted by molar-refractivity contribution is 5.79. The summed E-state index contributed by atoms with van der Waals surface area (Å²) in [5, 5.41) is 6.86. The fraction of sp³-hybridized carbons (Fsp3) is 0.542. The Morgan fingerprint density at radius 3 is 2.72 bits per heavy atom. The summed E-state index contributed by atoms with van der Waals surface area (Å²) in [4.78, 5) is 7.18. The molecular formula is C24H36N4O4. The summed E-state index contributed by atoms with van der Waals surface area (Å²) < 4.78 is 22.1. The number of nitrogens with one attached hydrogen (secondary N) is 2. The molecule has 176 valence electrons. The molecule has 0 amide bonds. The third kappa shape index (κ3) is 8.80. The van der Waals surface area contributed by atoms with Crippen molar-refractivity contribution in [1.29, 1.82) is 0 Å². The van der Waals surface area contributed by atoms with Gasteiger partial charge in [-0.05, 0) is 44.2 Å². The number of nitrogens with zero attached hydrogens (tertiary/aromatic N) is 2. The van der Waals surface area contributed by atoms with Crippen LogP contribution in [0.15, 0.2) is 52.1 Å². The Hall–Kier alpha value is -2.71. The lowest BCUT2D eigenvalue weighted by atomic mass is 10.3. The van der Waals surface area contributed by atoms with Gasteiger partial charge < -0.3 is 29.3 Å². The van der Waals surface area contributed by atoms with Crippen LogP contribution in [0, 0.1) is 0 Å². The van der Waals surface area contributed by atoms with Crippen molar-refractivity contribution in [2.45, 2.75) is 25.9 Å². The van der Waals surface area contributed by atoms with Crippen molar-refractivity contribution in [3.63, 3.8) is 0 Å². The van der Waals surface area contributed by atoms with Crippen LogP contribution >= 0.6 is 0 Å². The van der Waals surface area contributed by atoms with Crippen molar-refractivity contribution in [3.05, 3.63) is 48.4 Å². The average Bonchev–Trinajstić information content (AvgIpc) is 3.34. The minimum atomic E-state index is -0.0703. The van der Waals surface area contributed by atoms with E-state index in [0.717, 1.165) is 82.0 Å². The molecule has 3 rings (SSSR count). The smallest absolute Gasteiger partial charge is 0.191 e. The van der Waals surface area contributed by atoms with Gasteiger partial charge in [0, 0.05) is 38.7 Å². The number of ether oxygens (including phenoxy) is 3. The Labute approximate surface area is 190 Å². The second-order valence-corrected chi connectivity index (χ2v) is 7.79. The van der Waals surface area contributed by atoms with E-state index in [4.69, 9.17) is 23.6 Å². The minimum Gasteiger partial charge on any atom is -0.497 e. The number of hydrogen-bond acceptors (Lipinski definition) is 6. The lowest BCUT2D eigenvalue weighted by Gasteiger charge is -2.26. The van der Waals surface area contributed by atoms with Gasteiger partial charge in [-0.3, -0.25) is 4.90 Å². The van der Waals surface area contributed by atoms with Crippen LogP contribution in [0.3, 0.4) is 0 Å². The molecular weight excluding hydrogens is 408 g/mol. The first-order valence-electron chi connectivity index (χ1n) is 11.4. The molecule has 1 aromatic carbocycles. The van der Waals surface area contributed by atoms with Crippen LogP contribution in [0.25, 0.3) is 0 Å². The molecule has 2 aromatic rings. The summed E-state index contributed by atoms with van der Waals surface area (Å²) in [6.07, 6.45) is 3.48. The Balaban J connectivity index is 1.46. The third-order valence-electron chi connectivity index (χ3n) is 5.18. The number of furan rings is 1. The van der Waals surface area contributed by atoms with Gasteiger partial charge in [0.1, 0.15) is 23.4 Å². The molecule has 1 saturated heterocycles. The second kappa shape index (κ2) is 13.6.